The fraction of sp³-hybridized carbons (Fsp3) is 0.345. The van der Waals surface area contributed by atoms with Gasteiger partial charge < -0.3 is 0 Å². The Balaban J connectivity index is 0.000000399. The van der Waals surface area contributed by atoms with Gasteiger partial charge in [0, 0.05) is 0 Å². The zero-order valence-corrected chi connectivity index (χ0v) is 42.3. The average molecular weight is 911 g/mol. The number of rotatable bonds is 6. The third-order valence-electron chi connectivity index (χ3n) is 12.2. The predicted molar refractivity (Wildman–Crippen MR) is 274 cm³/mol. The van der Waals surface area contributed by atoms with E-state index in [1.54, 1.807) is 0 Å². The molecule has 5 heteroatoms. The van der Waals surface area contributed by atoms with Crippen molar-refractivity contribution in [1.82, 2.24) is 0 Å². The van der Waals surface area contributed by atoms with Gasteiger partial charge in [-0.05, 0) is 0 Å². The van der Waals surface area contributed by atoms with Gasteiger partial charge in [0.2, 0.25) is 0 Å². The Labute approximate surface area is 391 Å². The molecular formula is C58H70O2S2Ti-2. The second-order valence-corrected chi connectivity index (χ2v) is 31.0. The maximum Gasteiger partial charge on any atom is -0.0866 e. The monoisotopic (exact) mass is 910 g/mol. The van der Waals surface area contributed by atoms with Crippen molar-refractivity contribution in [3.8, 4) is 33.8 Å². The van der Waals surface area contributed by atoms with E-state index >= 15 is 0 Å². The van der Waals surface area contributed by atoms with E-state index in [0.717, 1.165) is 66.5 Å². The van der Waals surface area contributed by atoms with E-state index in [9.17, 15) is 10.2 Å². The molecule has 2 unspecified atom stereocenters. The third kappa shape index (κ3) is 13.3. The molecule has 1 saturated carbocycles. The van der Waals surface area contributed by atoms with E-state index in [1.165, 1.54) is 60.8 Å². The minimum atomic E-state index is -0.311. The second kappa shape index (κ2) is 21.8. The Kier molecular flexibility index (Phi) is 16.8. The number of benzene rings is 6. The van der Waals surface area contributed by atoms with Crippen LogP contribution in [0.25, 0.3) is 22.3 Å². The summed E-state index contributed by atoms with van der Waals surface area (Å²) in [4.78, 5) is 0. The van der Waals surface area contributed by atoms with Gasteiger partial charge in [0.05, 0.1) is 0 Å². The summed E-state index contributed by atoms with van der Waals surface area (Å²) in [6.45, 7) is 25.5. The molecule has 1 aliphatic carbocycles. The number of phenols is 2. The summed E-state index contributed by atoms with van der Waals surface area (Å²) in [6.07, 6.45) is 8.02. The maximum atomic E-state index is 12.0. The van der Waals surface area contributed by atoms with E-state index < -0.39 is 0 Å². The van der Waals surface area contributed by atoms with Crippen molar-refractivity contribution in [2.75, 3.05) is 0 Å². The number of hydrogen-bond acceptors (Lipinski definition) is 2. The van der Waals surface area contributed by atoms with Gasteiger partial charge in [0.25, 0.3) is 0 Å². The summed E-state index contributed by atoms with van der Waals surface area (Å²) in [7, 11) is 0.581. The van der Waals surface area contributed by atoms with Gasteiger partial charge in [-0.3, -0.25) is 0 Å². The van der Waals surface area contributed by atoms with E-state index in [-0.39, 0.29) is 26.3 Å². The third-order valence-corrected chi connectivity index (χ3v) is 28.1. The minimum absolute atomic E-state index is 0.00620. The number of fused-ring (bicyclic) bond motifs is 1. The van der Waals surface area contributed by atoms with Crippen molar-refractivity contribution >= 4 is 15.9 Å². The van der Waals surface area contributed by atoms with Gasteiger partial charge in [0.15, 0.2) is 0 Å². The molecule has 332 valence electrons. The summed E-state index contributed by atoms with van der Waals surface area (Å²) in [6, 6.07) is 46.1. The Bertz CT molecular complexity index is 2360. The first-order chi connectivity index (χ1) is 30.0. The number of hydrogen-bond donors (Lipinski definition) is 2. The molecule has 0 aromatic heterocycles. The van der Waals surface area contributed by atoms with Gasteiger partial charge in [-0.15, -0.1) is 24.3 Å². The van der Waals surface area contributed by atoms with Crippen LogP contribution in [0.3, 0.4) is 0 Å². The largest absolute Gasteiger partial charge is 0.199 e. The Morgan fingerprint density at radius 1 is 0.508 bits per heavy atom. The normalized spacial score (nSPS) is 18.5. The molecule has 0 amide bonds. The van der Waals surface area contributed by atoms with Gasteiger partial charge in [0.1, 0.15) is 0 Å². The first kappa shape index (κ1) is 48.5. The Morgan fingerprint density at radius 3 is 1.21 bits per heavy atom. The van der Waals surface area contributed by atoms with Crippen LogP contribution in [0.15, 0.2) is 133 Å². The molecule has 8 rings (SSSR count). The number of phenolic OH excluding ortho intramolecular Hbond substituents is 2. The standard InChI is InChI=1S/C44H56O2S2.2C7H7.Ti/c1-29-15-13-17-31(21-29)37-25-35(43(3,4)5)23-33(41(37)45)27-47-39-19-11-9-10-12-20-40(39)48-28-34-24-36(44(6,7)8)26-38(42(34)46)32-18-14-16-30(2)22-32;2*1-7-5-3-2-4-6-7;/h13-18,21-26,39-40,45-46H,9-12,19-20,27-28H2,1-8H3;2*2-6H,1H2;/q;2*-1;/t39-,40?;;;/m0.../s1. The van der Waals surface area contributed by atoms with Crippen molar-refractivity contribution in [3.63, 3.8) is 0 Å². The van der Waals surface area contributed by atoms with Crippen LogP contribution < -0.4 is 0 Å². The van der Waals surface area contributed by atoms with Crippen LogP contribution in [-0.2, 0) is 37.8 Å². The van der Waals surface area contributed by atoms with Crippen molar-refractivity contribution < 1.29 is 25.7 Å². The maximum absolute atomic E-state index is 12.0. The van der Waals surface area contributed by atoms with Gasteiger partial charge in [-0.1, -0.05) is 12.1 Å². The quantitative estimate of drug-likeness (QED) is 0.129. The zero-order valence-electron chi connectivity index (χ0n) is 39.1. The molecule has 6 aromatic rings. The first-order valence-corrected chi connectivity index (χ1v) is 29.5. The van der Waals surface area contributed by atoms with E-state index in [2.05, 4.69) is 142 Å². The molecule has 2 nitrogen and oxygen atoms in total. The van der Waals surface area contributed by atoms with Crippen LogP contribution in [0.4, 0.5) is 0 Å². The van der Waals surface area contributed by atoms with Crippen LogP contribution >= 0.6 is 15.9 Å². The topological polar surface area (TPSA) is 40.5 Å². The molecular weight excluding hydrogens is 841 g/mol. The van der Waals surface area contributed by atoms with E-state index in [1.807, 2.05) is 60.7 Å². The van der Waals surface area contributed by atoms with Crippen LogP contribution in [0, 0.1) is 27.7 Å². The van der Waals surface area contributed by atoms with Crippen molar-refractivity contribution in [2.24, 2.45) is 0 Å². The van der Waals surface area contributed by atoms with Crippen molar-refractivity contribution in [1.29, 1.82) is 0 Å². The molecule has 1 heterocycles. The number of aryl methyl sites for hydroxylation is 2. The Hall–Kier alpha value is -3.93. The van der Waals surface area contributed by atoms with E-state index in [0.29, 0.717) is 27.4 Å². The second-order valence-electron chi connectivity index (χ2n) is 19.6. The summed E-state index contributed by atoms with van der Waals surface area (Å²) in [5, 5.41) is 25.4. The molecule has 1 aliphatic heterocycles. The molecule has 4 atom stereocenters. The molecule has 2 aliphatic rings. The summed E-state index contributed by atoms with van der Waals surface area (Å²) < 4.78 is 0. The molecule has 2 N–H and O–H groups in total. The van der Waals surface area contributed by atoms with Gasteiger partial charge in [-0.25, -0.2) is 0 Å². The van der Waals surface area contributed by atoms with Crippen molar-refractivity contribution in [3.05, 3.63) is 192 Å². The average Bonchev–Trinajstić information content (AvgIpc) is 3.52. The zero-order chi connectivity index (χ0) is 45.3. The molecule has 0 saturated heterocycles. The molecule has 0 radical (unpaired) electrons. The summed E-state index contributed by atoms with van der Waals surface area (Å²) >= 11 is -0.311. The smallest absolute Gasteiger partial charge is 0.0866 e. The van der Waals surface area contributed by atoms with Crippen molar-refractivity contribution in [2.45, 2.75) is 127 Å². The number of aromatic hydroxyl groups is 2. The Morgan fingerprint density at radius 2 is 0.889 bits per heavy atom. The van der Waals surface area contributed by atoms with Gasteiger partial charge >= 0.3 is 308 Å². The minimum Gasteiger partial charge on any atom is -0.199 e. The van der Waals surface area contributed by atoms with Crippen LogP contribution in [-0.4, -0.2) is 20.7 Å². The molecule has 0 bridgehead atoms. The molecule has 0 spiro atoms. The molecule has 63 heavy (non-hydrogen) atoms. The predicted octanol–water partition coefficient (Wildman–Crippen LogP) is 16.6. The van der Waals surface area contributed by atoms with E-state index in [4.69, 9.17) is 0 Å². The fourth-order valence-electron chi connectivity index (χ4n) is 8.43. The van der Waals surface area contributed by atoms with Crippen LogP contribution in [0.2, 0.25) is 0 Å². The fourth-order valence-corrected chi connectivity index (χ4v) is 29.3. The SMILES string of the molecule is Cc1cccc(-c2cc(C(C)(C)C)cc(C[S]3=[Ti]=[S@@](Cc4cc(C(C)(C)C)cc(-c5cccc(C)c5)c4O)C4CCCCCC[C@@H]43)c2O)c1.[CH2-]c1ccccc1.[CH2-]c1ccccc1. The molecule has 1 fully saturated rings. The van der Waals surface area contributed by atoms with Crippen LogP contribution in [0.5, 0.6) is 11.5 Å². The first-order valence-electron chi connectivity index (χ1n) is 22.7. The van der Waals surface area contributed by atoms with Crippen LogP contribution in [0.1, 0.15) is 125 Å². The summed E-state index contributed by atoms with van der Waals surface area (Å²) in [5.74, 6) is 2.99. The molecule has 6 aromatic carbocycles. The summed E-state index contributed by atoms with van der Waals surface area (Å²) in [5.41, 5.74) is 13.7. The van der Waals surface area contributed by atoms with Gasteiger partial charge in [-0.2, -0.15) is 49.2 Å².